The molecule has 0 bridgehead atoms. The standard InChI is InChI=1S/C19H27Cl2N3O4S/c1-2-5-23-6-3-14(4-7-23)22-19(25)15-12-18(17(21)13-16(15)20)29(26,27)24-8-10-28-11-9-24/h12-14H,2-11H2,1H3,(H,22,25). The number of rotatable bonds is 6. The van der Waals surface area contributed by atoms with Gasteiger partial charge in [0.15, 0.2) is 0 Å². The summed E-state index contributed by atoms with van der Waals surface area (Å²) >= 11 is 12.4. The molecule has 2 aliphatic heterocycles. The summed E-state index contributed by atoms with van der Waals surface area (Å²) in [5.41, 5.74) is 0.124. The second-order valence-corrected chi connectivity index (χ2v) is 10.1. The van der Waals surface area contributed by atoms with Gasteiger partial charge in [0.25, 0.3) is 5.91 Å². The molecule has 1 N–H and O–H groups in total. The number of likely N-dealkylation sites (tertiary alicyclic amines) is 1. The van der Waals surface area contributed by atoms with E-state index >= 15 is 0 Å². The third-order valence-corrected chi connectivity index (χ3v) is 7.99. The number of benzene rings is 1. The van der Waals surface area contributed by atoms with E-state index in [9.17, 15) is 13.2 Å². The number of ether oxygens (including phenoxy) is 1. The highest BCUT2D eigenvalue weighted by atomic mass is 35.5. The van der Waals surface area contributed by atoms with Gasteiger partial charge < -0.3 is 15.0 Å². The van der Waals surface area contributed by atoms with E-state index in [1.54, 1.807) is 0 Å². The monoisotopic (exact) mass is 463 g/mol. The van der Waals surface area contributed by atoms with Crippen LogP contribution in [0.15, 0.2) is 17.0 Å². The molecule has 0 aliphatic carbocycles. The molecule has 2 fully saturated rings. The highest BCUT2D eigenvalue weighted by molar-refractivity contribution is 7.89. The smallest absolute Gasteiger partial charge is 0.253 e. The Balaban J connectivity index is 1.76. The number of carbonyl (C=O) groups excluding carboxylic acids is 1. The van der Waals surface area contributed by atoms with Crippen molar-refractivity contribution < 1.29 is 17.9 Å². The molecule has 1 aromatic rings. The van der Waals surface area contributed by atoms with Crippen molar-refractivity contribution in [2.45, 2.75) is 37.1 Å². The van der Waals surface area contributed by atoms with Gasteiger partial charge in [0.1, 0.15) is 4.90 Å². The molecule has 1 amide bonds. The van der Waals surface area contributed by atoms with E-state index in [2.05, 4.69) is 17.1 Å². The molecule has 0 radical (unpaired) electrons. The molecule has 2 heterocycles. The van der Waals surface area contributed by atoms with Gasteiger partial charge >= 0.3 is 0 Å². The van der Waals surface area contributed by atoms with Crippen LogP contribution in [0.5, 0.6) is 0 Å². The minimum Gasteiger partial charge on any atom is -0.379 e. The number of piperidine rings is 1. The van der Waals surface area contributed by atoms with Crippen molar-refractivity contribution in [3.63, 3.8) is 0 Å². The average Bonchev–Trinajstić information content (AvgIpc) is 2.70. The molecular weight excluding hydrogens is 437 g/mol. The first-order valence-electron chi connectivity index (χ1n) is 9.93. The fourth-order valence-electron chi connectivity index (χ4n) is 3.71. The topological polar surface area (TPSA) is 79.0 Å². The summed E-state index contributed by atoms with van der Waals surface area (Å²) in [6, 6.07) is 2.66. The fourth-order valence-corrected chi connectivity index (χ4v) is 5.95. The van der Waals surface area contributed by atoms with Crippen LogP contribution in [0.4, 0.5) is 0 Å². The van der Waals surface area contributed by atoms with Crippen LogP contribution in [-0.2, 0) is 14.8 Å². The van der Waals surface area contributed by atoms with Crippen LogP contribution in [0.3, 0.4) is 0 Å². The number of halogens is 2. The van der Waals surface area contributed by atoms with Crippen LogP contribution in [0.1, 0.15) is 36.5 Å². The first-order chi connectivity index (χ1) is 13.8. The fraction of sp³-hybridized carbons (Fsp3) is 0.632. The molecule has 3 rings (SSSR count). The summed E-state index contributed by atoms with van der Waals surface area (Å²) in [5, 5.41) is 3.14. The van der Waals surface area contributed by atoms with Gasteiger partial charge in [-0.2, -0.15) is 4.31 Å². The Labute approximate surface area is 182 Å². The maximum absolute atomic E-state index is 13.0. The van der Waals surface area contributed by atoms with Crippen LogP contribution in [0.2, 0.25) is 10.0 Å². The molecule has 162 valence electrons. The van der Waals surface area contributed by atoms with Gasteiger partial charge in [-0.1, -0.05) is 30.1 Å². The van der Waals surface area contributed by atoms with E-state index in [1.165, 1.54) is 16.4 Å². The molecule has 0 spiro atoms. The molecule has 0 saturated carbocycles. The third-order valence-electron chi connectivity index (χ3n) is 5.32. The van der Waals surface area contributed by atoms with Gasteiger partial charge in [0, 0.05) is 32.2 Å². The van der Waals surface area contributed by atoms with Crippen LogP contribution < -0.4 is 5.32 Å². The van der Waals surface area contributed by atoms with Gasteiger partial charge in [-0.25, -0.2) is 8.42 Å². The Kier molecular flexibility index (Phi) is 7.81. The minimum absolute atomic E-state index is 0.00548. The highest BCUT2D eigenvalue weighted by Gasteiger charge is 2.30. The molecule has 10 heteroatoms. The molecule has 1 aromatic carbocycles. The van der Waals surface area contributed by atoms with Crippen LogP contribution >= 0.6 is 23.2 Å². The Morgan fingerprint density at radius 1 is 1.14 bits per heavy atom. The lowest BCUT2D eigenvalue weighted by atomic mass is 10.0. The largest absolute Gasteiger partial charge is 0.379 e. The Morgan fingerprint density at radius 3 is 2.41 bits per heavy atom. The van der Waals surface area contributed by atoms with Gasteiger partial charge in [0.05, 0.1) is 28.8 Å². The number of hydrogen-bond acceptors (Lipinski definition) is 5. The third kappa shape index (κ3) is 5.42. The highest BCUT2D eigenvalue weighted by Crippen LogP contribution is 2.31. The van der Waals surface area contributed by atoms with Gasteiger partial charge in [-0.3, -0.25) is 4.79 Å². The quantitative estimate of drug-likeness (QED) is 0.701. The zero-order valence-corrected chi connectivity index (χ0v) is 18.8. The zero-order valence-electron chi connectivity index (χ0n) is 16.5. The van der Waals surface area contributed by atoms with Crippen LogP contribution in [0, 0.1) is 0 Å². The van der Waals surface area contributed by atoms with E-state index in [0.717, 1.165) is 38.9 Å². The second-order valence-electron chi connectivity index (χ2n) is 7.37. The van der Waals surface area contributed by atoms with Crippen molar-refractivity contribution >= 4 is 39.1 Å². The van der Waals surface area contributed by atoms with E-state index in [0.29, 0.717) is 13.2 Å². The van der Waals surface area contributed by atoms with Crippen LogP contribution in [-0.4, -0.2) is 75.5 Å². The van der Waals surface area contributed by atoms with E-state index < -0.39 is 10.0 Å². The van der Waals surface area contributed by atoms with Gasteiger partial charge in [-0.05, 0) is 37.9 Å². The Bertz CT molecular complexity index is 836. The molecule has 2 aliphatic rings. The Hall–Kier alpha value is -0.900. The molecule has 0 aromatic heterocycles. The molecule has 0 unspecified atom stereocenters. The number of amides is 1. The summed E-state index contributed by atoms with van der Waals surface area (Å²) in [4.78, 5) is 15.1. The molecule has 29 heavy (non-hydrogen) atoms. The maximum atomic E-state index is 13.0. The SMILES string of the molecule is CCCN1CCC(NC(=O)c2cc(S(=O)(=O)N3CCOCC3)c(Cl)cc2Cl)CC1. The first-order valence-corrected chi connectivity index (χ1v) is 12.1. The maximum Gasteiger partial charge on any atom is 0.253 e. The number of nitrogens with one attached hydrogen (secondary N) is 1. The zero-order chi connectivity index (χ0) is 21.0. The lowest BCUT2D eigenvalue weighted by Crippen LogP contribution is -2.45. The molecule has 2 saturated heterocycles. The second kappa shape index (κ2) is 9.94. The Morgan fingerprint density at radius 2 is 1.79 bits per heavy atom. The summed E-state index contributed by atoms with van der Waals surface area (Å²) < 4.78 is 32.5. The van der Waals surface area contributed by atoms with Crippen molar-refractivity contribution in [2.24, 2.45) is 0 Å². The summed E-state index contributed by atoms with van der Waals surface area (Å²) in [6.07, 6.45) is 2.82. The number of morpholine rings is 1. The summed E-state index contributed by atoms with van der Waals surface area (Å²) in [6.45, 7) is 6.24. The van der Waals surface area contributed by atoms with E-state index in [1.807, 2.05) is 0 Å². The normalized spacial score (nSPS) is 20.0. The van der Waals surface area contributed by atoms with E-state index in [4.69, 9.17) is 27.9 Å². The van der Waals surface area contributed by atoms with Gasteiger partial charge in [-0.15, -0.1) is 0 Å². The van der Waals surface area contributed by atoms with E-state index in [-0.39, 0.29) is 45.5 Å². The first kappa shape index (κ1) is 22.8. The van der Waals surface area contributed by atoms with Crippen molar-refractivity contribution in [3.05, 3.63) is 27.7 Å². The number of carbonyl (C=O) groups is 1. The summed E-state index contributed by atoms with van der Waals surface area (Å²) in [5.74, 6) is -0.376. The van der Waals surface area contributed by atoms with Crippen molar-refractivity contribution in [3.8, 4) is 0 Å². The molecule has 0 atom stereocenters. The summed E-state index contributed by atoms with van der Waals surface area (Å²) in [7, 11) is -3.84. The van der Waals surface area contributed by atoms with Crippen molar-refractivity contribution in [2.75, 3.05) is 45.9 Å². The average molecular weight is 464 g/mol. The number of hydrogen-bond donors (Lipinski definition) is 1. The predicted molar refractivity (Wildman–Crippen MR) is 113 cm³/mol. The number of nitrogens with zero attached hydrogens (tertiary/aromatic N) is 2. The minimum atomic E-state index is -3.84. The number of sulfonamides is 1. The van der Waals surface area contributed by atoms with Crippen molar-refractivity contribution in [1.82, 2.24) is 14.5 Å². The lowest BCUT2D eigenvalue weighted by Gasteiger charge is -2.32. The molecular formula is C19H27Cl2N3O4S. The van der Waals surface area contributed by atoms with Gasteiger partial charge in [0.2, 0.25) is 10.0 Å². The van der Waals surface area contributed by atoms with Crippen LogP contribution in [0.25, 0.3) is 0 Å². The molecule has 7 nitrogen and oxygen atoms in total. The van der Waals surface area contributed by atoms with Crippen molar-refractivity contribution in [1.29, 1.82) is 0 Å². The lowest BCUT2D eigenvalue weighted by molar-refractivity contribution is 0.0730. The predicted octanol–water partition coefficient (Wildman–Crippen LogP) is 2.62.